The average Bonchev–Trinajstić information content (AvgIpc) is 2.74. The maximum atomic E-state index is 5.60. The van der Waals surface area contributed by atoms with Gasteiger partial charge in [0.25, 0.3) is 0 Å². The van der Waals surface area contributed by atoms with Gasteiger partial charge in [0.15, 0.2) is 0 Å². The van der Waals surface area contributed by atoms with Crippen LogP contribution in [0.25, 0.3) is 21.5 Å². The number of unbranched alkanes of at least 4 members (excludes halogenated alkanes) is 2. The van der Waals surface area contributed by atoms with E-state index in [1.807, 2.05) is 0 Å². The zero-order valence-corrected chi connectivity index (χ0v) is 21.0. The Hall–Kier alpha value is -1.07. The van der Waals surface area contributed by atoms with Crippen molar-refractivity contribution in [2.45, 2.75) is 39.2 Å². The van der Waals surface area contributed by atoms with Crippen molar-refractivity contribution in [2.75, 3.05) is 32.7 Å². The summed E-state index contributed by atoms with van der Waals surface area (Å²) in [7, 11) is 0. The Bertz CT molecular complexity index is 819. The third-order valence-electron chi connectivity index (χ3n) is 5.64. The second-order valence-electron chi connectivity index (χ2n) is 7.61. The fourth-order valence-corrected chi connectivity index (χ4v) is 4.01. The quantitative estimate of drug-likeness (QED) is 0.237. The molecule has 3 N–H and O–H groups in total. The smallest absolute Gasteiger partial charge is 0.0217 e. The second-order valence-corrected chi connectivity index (χ2v) is 7.61. The van der Waals surface area contributed by atoms with E-state index in [1.165, 1.54) is 59.5 Å². The predicted molar refractivity (Wildman–Crippen MR) is 145 cm³/mol. The third kappa shape index (κ3) is 8.76. The Kier molecular flexibility index (Phi) is 16.0. The molecule has 0 aliphatic carbocycles. The van der Waals surface area contributed by atoms with E-state index < -0.39 is 0 Å². The molecule has 0 amide bonds. The van der Waals surface area contributed by atoms with Gasteiger partial charge in [-0.1, -0.05) is 55.5 Å². The summed E-state index contributed by atoms with van der Waals surface area (Å²) in [4.78, 5) is 2.55. The summed E-state index contributed by atoms with van der Waals surface area (Å²) in [6.07, 6.45) is 4.82. The van der Waals surface area contributed by atoms with Crippen LogP contribution in [-0.2, 0) is 6.54 Å². The molecule has 0 aliphatic rings. The molecule has 0 fully saturated rings. The van der Waals surface area contributed by atoms with E-state index in [1.54, 1.807) is 0 Å². The Morgan fingerprint density at radius 2 is 1.32 bits per heavy atom. The van der Waals surface area contributed by atoms with Crippen molar-refractivity contribution in [3.05, 3.63) is 60.2 Å². The predicted octanol–water partition coefficient (Wildman–Crippen LogP) is 6.19. The number of nitrogens with two attached hydrogens (primary N) is 1. The molecular weight excluding hydrogens is 449 g/mol. The van der Waals surface area contributed by atoms with Gasteiger partial charge < -0.3 is 16.0 Å². The van der Waals surface area contributed by atoms with Crippen LogP contribution in [0.2, 0.25) is 0 Å². The highest BCUT2D eigenvalue weighted by molar-refractivity contribution is 6.02. The summed E-state index contributed by atoms with van der Waals surface area (Å²) >= 11 is 0. The molecule has 0 atom stereocenters. The Morgan fingerprint density at radius 3 is 1.87 bits per heavy atom. The molecule has 0 bridgehead atoms. The van der Waals surface area contributed by atoms with Gasteiger partial charge in [0.05, 0.1) is 0 Å². The molecule has 6 heteroatoms. The van der Waals surface area contributed by atoms with Crippen molar-refractivity contribution in [1.82, 2.24) is 10.2 Å². The number of fused-ring (bicyclic) bond motifs is 2. The number of rotatable bonds is 12. The van der Waals surface area contributed by atoms with Crippen LogP contribution in [0.4, 0.5) is 0 Å². The fourth-order valence-electron chi connectivity index (χ4n) is 4.01. The van der Waals surface area contributed by atoms with Crippen LogP contribution in [0, 0.1) is 0 Å². The van der Waals surface area contributed by atoms with Crippen molar-refractivity contribution < 1.29 is 0 Å². The van der Waals surface area contributed by atoms with Gasteiger partial charge in [-0.05, 0) is 91.6 Å². The molecule has 3 rings (SSSR count). The van der Waals surface area contributed by atoms with E-state index in [0.29, 0.717) is 0 Å². The highest BCUT2D eigenvalue weighted by atomic mass is 35.5. The van der Waals surface area contributed by atoms with Crippen LogP contribution in [0.5, 0.6) is 0 Å². The molecule has 3 aromatic carbocycles. The van der Waals surface area contributed by atoms with Gasteiger partial charge in [0.1, 0.15) is 0 Å². The molecular formula is C25H38Cl3N3. The van der Waals surface area contributed by atoms with Crippen molar-refractivity contribution in [3.8, 4) is 0 Å². The van der Waals surface area contributed by atoms with E-state index in [4.69, 9.17) is 5.73 Å². The van der Waals surface area contributed by atoms with E-state index in [-0.39, 0.29) is 37.2 Å². The number of benzene rings is 3. The summed E-state index contributed by atoms with van der Waals surface area (Å²) in [6, 6.07) is 19.8. The maximum absolute atomic E-state index is 5.60. The van der Waals surface area contributed by atoms with Gasteiger partial charge in [0, 0.05) is 6.54 Å². The molecule has 3 aromatic rings. The van der Waals surface area contributed by atoms with Gasteiger partial charge in [-0.15, -0.1) is 37.2 Å². The van der Waals surface area contributed by atoms with Crippen LogP contribution in [0.1, 0.15) is 38.2 Å². The lowest BCUT2D eigenvalue weighted by Gasteiger charge is -2.20. The topological polar surface area (TPSA) is 41.3 Å². The van der Waals surface area contributed by atoms with Crippen LogP contribution in [0.3, 0.4) is 0 Å². The second kappa shape index (κ2) is 16.5. The lowest BCUT2D eigenvalue weighted by Crippen LogP contribution is -2.27. The Balaban J connectivity index is 0.00000300. The number of nitrogens with one attached hydrogen (secondary N) is 1. The van der Waals surface area contributed by atoms with Crippen LogP contribution < -0.4 is 11.1 Å². The van der Waals surface area contributed by atoms with Crippen molar-refractivity contribution in [3.63, 3.8) is 0 Å². The number of nitrogens with zero attached hydrogens (tertiary/aromatic N) is 1. The fraction of sp³-hybridized carbons (Fsp3) is 0.440. The molecule has 31 heavy (non-hydrogen) atoms. The maximum Gasteiger partial charge on any atom is 0.0217 e. The highest BCUT2D eigenvalue weighted by Crippen LogP contribution is 2.28. The molecule has 0 radical (unpaired) electrons. The summed E-state index contributed by atoms with van der Waals surface area (Å²) in [5.74, 6) is 0. The lowest BCUT2D eigenvalue weighted by molar-refractivity contribution is 0.276. The first-order chi connectivity index (χ1) is 13.8. The van der Waals surface area contributed by atoms with E-state index in [2.05, 4.69) is 71.7 Å². The van der Waals surface area contributed by atoms with Gasteiger partial charge in [-0.2, -0.15) is 0 Å². The standard InChI is InChI=1S/C25H35N3.3ClH/c1-2-28(17-9-7-15-26)18-10-8-16-27-20-25-23-13-5-3-11-21(23)19-22-12-4-6-14-24(22)25;;;/h3-6,11-14,19,27H,2,7-10,15-18,20,26H2,1H3;3*1H. The molecule has 0 spiro atoms. The molecule has 0 saturated heterocycles. The monoisotopic (exact) mass is 485 g/mol. The van der Waals surface area contributed by atoms with Gasteiger partial charge in [-0.25, -0.2) is 0 Å². The van der Waals surface area contributed by atoms with Crippen LogP contribution >= 0.6 is 37.2 Å². The summed E-state index contributed by atoms with van der Waals surface area (Å²) in [6.45, 7) is 8.58. The largest absolute Gasteiger partial charge is 0.330 e. The highest BCUT2D eigenvalue weighted by Gasteiger charge is 2.07. The van der Waals surface area contributed by atoms with Crippen molar-refractivity contribution >= 4 is 58.8 Å². The molecule has 174 valence electrons. The van der Waals surface area contributed by atoms with Gasteiger partial charge in [0.2, 0.25) is 0 Å². The minimum atomic E-state index is 0. The van der Waals surface area contributed by atoms with Gasteiger partial charge in [-0.3, -0.25) is 0 Å². The zero-order chi connectivity index (χ0) is 19.6. The Morgan fingerprint density at radius 1 is 0.774 bits per heavy atom. The summed E-state index contributed by atoms with van der Waals surface area (Å²) in [5, 5.41) is 9.08. The van der Waals surface area contributed by atoms with Crippen molar-refractivity contribution in [2.24, 2.45) is 5.73 Å². The summed E-state index contributed by atoms with van der Waals surface area (Å²) < 4.78 is 0. The van der Waals surface area contributed by atoms with Crippen LogP contribution in [0.15, 0.2) is 54.6 Å². The number of halogens is 3. The first kappa shape index (κ1) is 29.9. The van der Waals surface area contributed by atoms with Crippen molar-refractivity contribution in [1.29, 1.82) is 0 Å². The van der Waals surface area contributed by atoms with E-state index >= 15 is 0 Å². The third-order valence-corrected chi connectivity index (χ3v) is 5.64. The molecule has 3 nitrogen and oxygen atoms in total. The first-order valence-electron chi connectivity index (χ1n) is 10.9. The Labute approximate surface area is 206 Å². The number of hydrogen-bond donors (Lipinski definition) is 2. The van der Waals surface area contributed by atoms with Crippen LogP contribution in [-0.4, -0.2) is 37.6 Å². The first-order valence-corrected chi connectivity index (χ1v) is 10.9. The van der Waals surface area contributed by atoms with E-state index in [9.17, 15) is 0 Å². The lowest BCUT2D eigenvalue weighted by atomic mass is 9.97. The normalized spacial score (nSPS) is 10.5. The molecule has 0 aliphatic heterocycles. The molecule has 0 aromatic heterocycles. The zero-order valence-electron chi connectivity index (χ0n) is 18.5. The average molecular weight is 487 g/mol. The molecule has 0 unspecified atom stereocenters. The van der Waals surface area contributed by atoms with E-state index in [0.717, 1.165) is 32.6 Å². The molecule has 0 heterocycles. The minimum absolute atomic E-state index is 0. The summed E-state index contributed by atoms with van der Waals surface area (Å²) in [5.41, 5.74) is 7.02. The molecule has 0 saturated carbocycles. The minimum Gasteiger partial charge on any atom is -0.330 e. The SMILES string of the molecule is CCN(CCCCN)CCCCNCc1c2ccccc2cc2ccccc12.Cl.Cl.Cl. The number of hydrogen-bond acceptors (Lipinski definition) is 3. The van der Waals surface area contributed by atoms with Gasteiger partial charge >= 0.3 is 0 Å².